The first-order chi connectivity index (χ1) is 13.0. The van der Waals surface area contributed by atoms with Gasteiger partial charge in [0.2, 0.25) is 17.7 Å². The molecule has 1 N–H and O–H groups in total. The summed E-state index contributed by atoms with van der Waals surface area (Å²) >= 11 is 0. The Bertz CT molecular complexity index is 551. The zero-order valence-electron chi connectivity index (χ0n) is 16.8. The minimum Gasteiger partial charge on any atom is -0.353 e. The van der Waals surface area contributed by atoms with Crippen LogP contribution in [0.25, 0.3) is 0 Å². The summed E-state index contributed by atoms with van der Waals surface area (Å²) in [5.41, 5.74) is 0. The van der Waals surface area contributed by atoms with Gasteiger partial charge in [-0.2, -0.15) is 0 Å². The van der Waals surface area contributed by atoms with Crippen LogP contribution in [0.15, 0.2) is 0 Å². The van der Waals surface area contributed by atoms with Gasteiger partial charge in [0.15, 0.2) is 0 Å². The molecule has 0 spiro atoms. The van der Waals surface area contributed by atoms with Crippen LogP contribution >= 0.6 is 0 Å². The summed E-state index contributed by atoms with van der Waals surface area (Å²) in [6.07, 6.45) is 3.95. The average Bonchev–Trinajstić information content (AvgIpc) is 3.18. The van der Waals surface area contributed by atoms with Gasteiger partial charge in [-0.3, -0.25) is 19.3 Å². The van der Waals surface area contributed by atoms with Crippen LogP contribution < -0.4 is 5.32 Å². The molecule has 3 amide bonds. The number of hydrogen-bond acceptors (Lipinski definition) is 4. The lowest BCUT2D eigenvalue weighted by molar-refractivity contribution is -0.142. The van der Waals surface area contributed by atoms with Crippen molar-refractivity contribution < 1.29 is 14.4 Å². The fourth-order valence-electron chi connectivity index (χ4n) is 4.54. The van der Waals surface area contributed by atoms with Crippen molar-refractivity contribution in [2.45, 2.75) is 52.0 Å². The fraction of sp³-hybridized carbons (Fsp3) is 0.850. The third kappa shape index (κ3) is 5.00. The van der Waals surface area contributed by atoms with Gasteiger partial charge in [0.25, 0.3) is 0 Å². The van der Waals surface area contributed by atoms with E-state index in [0.717, 1.165) is 51.9 Å². The van der Waals surface area contributed by atoms with Crippen molar-refractivity contribution in [2.24, 2.45) is 11.8 Å². The van der Waals surface area contributed by atoms with Gasteiger partial charge < -0.3 is 15.1 Å². The van der Waals surface area contributed by atoms with E-state index in [9.17, 15) is 14.4 Å². The van der Waals surface area contributed by atoms with Crippen LogP contribution in [-0.2, 0) is 14.4 Å². The summed E-state index contributed by atoms with van der Waals surface area (Å²) in [7, 11) is 0. The maximum atomic E-state index is 12.8. The zero-order valence-corrected chi connectivity index (χ0v) is 16.8. The molecule has 0 aromatic carbocycles. The van der Waals surface area contributed by atoms with Gasteiger partial charge in [-0.25, -0.2) is 0 Å². The molecule has 0 radical (unpaired) electrons. The minimum absolute atomic E-state index is 0.0330. The van der Waals surface area contributed by atoms with E-state index in [1.165, 1.54) is 0 Å². The zero-order chi connectivity index (χ0) is 19.4. The minimum atomic E-state index is -0.363. The number of piperidine rings is 1. The van der Waals surface area contributed by atoms with E-state index >= 15 is 0 Å². The third-order valence-electron chi connectivity index (χ3n) is 6.02. The molecule has 3 aliphatic heterocycles. The molecule has 0 bridgehead atoms. The van der Waals surface area contributed by atoms with Gasteiger partial charge >= 0.3 is 0 Å². The fourth-order valence-corrected chi connectivity index (χ4v) is 4.54. The van der Waals surface area contributed by atoms with Crippen LogP contribution in [0.4, 0.5) is 0 Å². The van der Waals surface area contributed by atoms with Gasteiger partial charge in [-0.15, -0.1) is 0 Å². The van der Waals surface area contributed by atoms with Crippen molar-refractivity contribution in [3.05, 3.63) is 0 Å². The van der Waals surface area contributed by atoms with Crippen molar-refractivity contribution in [1.82, 2.24) is 20.0 Å². The maximum absolute atomic E-state index is 12.8. The molecule has 1 unspecified atom stereocenters. The molecule has 0 aliphatic carbocycles. The highest BCUT2D eigenvalue weighted by molar-refractivity contribution is 5.89. The number of piperazine rings is 1. The van der Waals surface area contributed by atoms with Crippen LogP contribution in [0.5, 0.6) is 0 Å². The molecule has 7 heteroatoms. The Morgan fingerprint density at radius 1 is 1.04 bits per heavy atom. The lowest BCUT2D eigenvalue weighted by atomic mass is 9.94. The number of likely N-dealkylation sites (tertiary alicyclic amines) is 2. The summed E-state index contributed by atoms with van der Waals surface area (Å²) in [5.74, 6) is 0.796. The van der Waals surface area contributed by atoms with Crippen molar-refractivity contribution in [1.29, 1.82) is 0 Å². The second-order valence-corrected chi connectivity index (χ2v) is 8.59. The van der Waals surface area contributed by atoms with E-state index in [1.54, 1.807) is 0 Å². The topological polar surface area (TPSA) is 73.0 Å². The second-order valence-electron chi connectivity index (χ2n) is 8.59. The van der Waals surface area contributed by atoms with E-state index < -0.39 is 0 Å². The number of amides is 3. The molecule has 0 aromatic rings. The van der Waals surface area contributed by atoms with E-state index in [-0.39, 0.29) is 36.1 Å². The second kappa shape index (κ2) is 9.04. The van der Waals surface area contributed by atoms with Crippen molar-refractivity contribution >= 4 is 17.7 Å². The first kappa shape index (κ1) is 20.1. The van der Waals surface area contributed by atoms with Gasteiger partial charge in [-0.1, -0.05) is 13.8 Å². The highest BCUT2D eigenvalue weighted by Gasteiger charge is 2.35. The molecule has 3 fully saturated rings. The summed E-state index contributed by atoms with van der Waals surface area (Å²) in [6.45, 7) is 9.58. The Balaban J connectivity index is 1.50. The molecule has 3 heterocycles. The number of rotatable bonds is 5. The van der Waals surface area contributed by atoms with Crippen LogP contribution in [0.1, 0.15) is 46.0 Å². The number of nitrogens with zero attached hydrogens (tertiary/aromatic N) is 3. The standard InChI is InChI=1S/C20H34N4O3/c1-15(2)14-24-12-7-21-19(26)17(24)13-18(25)22-10-5-16(6-11-22)20(27)23-8-3-4-9-23/h15-17H,3-14H2,1-2H3,(H,21,26). The highest BCUT2D eigenvalue weighted by atomic mass is 16.2. The van der Waals surface area contributed by atoms with Crippen molar-refractivity contribution in [3.8, 4) is 0 Å². The lowest BCUT2D eigenvalue weighted by Gasteiger charge is -2.38. The molecule has 3 rings (SSSR count). The maximum Gasteiger partial charge on any atom is 0.237 e. The molecule has 1 atom stereocenters. The third-order valence-corrected chi connectivity index (χ3v) is 6.02. The van der Waals surface area contributed by atoms with Crippen molar-refractivity contribution in [2.75, 3.05) is 45.8 Å². The van der Waals surface area contributed by atoms with E-state index in [0.29, 0.717) is 25.6 Å². The lowest BCUT2D eigenvalue weighted by Crippen LogP contribution is -2.57. The first-order valence-corrected chi connectivity index (χ1v) is 10.5. The molecule has 3 saturated heterocycles. The first-order valence-electron chi connectivity index (χ1n) is 10.5. The number of carbonyl (C=O) groups is 3. The van der Waals surface area contributed by atoms with Crippen molar-refractivity contribution in [3.63, 3.8) is 0 Å². The molecular weight excluding hydrogens is 344 g/mol. The number of carbonyl (C=O) groups excluding carboxylic acids is 3. The van der Waals surface area contributed by atoms with Gasteiger partial charge in [-0.05, 0) is 31.6 Å². The summed E-state index contributed by atoms with van der Waals surface area (Å²) in [4.78, 5) is 43.6. The Kier molecular flexibility index (Phi) is 6.73. The SMILES string of the molecule is CC(C)CN1CCNC(=O)C1CC(=O)N1CCC(C(=O)N2CCCC2)CC1. The molecule has 3 aliphatic rings. The summed E-state index contributed by atoms with van der Waals surface area (Å²) in [5, 5.41) is 2.90. The van der Waals surface area contributed by atoms with Crippen LogP contribution in [0, 0.1) is 11.8 Å². The van der Waals surface area contributed by atoms with Crippen LogP contribution in [0.3, 0.4) is 0 Å². The largest absolute Gasteiger partial charge is 0.353 e. The van der Waals surface area contributed by atoms with E-state index in [4.69, 9.17) is 0 Å². The predicted octanol–water partition coefficient (Wildman–Crippen LogP) is 0.694. The van der Waals surface area contributed by atoms with Gasteiger partial charge in [0, 0.05) is 51.7 Å². The Morgan fingerprint density at radius 2 is 1.70 bits per heavy atom. The molecule has 0 saturated carbocycles. The molecular formula is C20H34N4O3. The molecule has 152 valence electrons. The van der Waals surface area contributed by atoms with Crippen LogP contribution in [0.2, 0.25) is 0 Å². The van der Waals surface area contributed by atoms with E-state index in [2.05, 4.69) is 24.1 Å². The quantitative estimate of drug-likeness (QED) is 0.764. The number of hydrogen-bond donors (Lipinski definition) is 1. The predicted molar refractivity (Wildman–Crippen MR) is 103 cm³/mol. The summed E-state index contributed by atoms with van der Waals surface area (Å²) in [6, 6.07) is -0.363. The van der Waals surface area contributed by atoms with E-state index in [1.807, 2.05) is 9.80 Å². The van der Waals surface area contributed by atoms with Gasteiger partial charge in [0.1, 0.15) is 0 Å². The average molecular weight is 379 g/mol. The Morgan fingerprint density at radius 3 is 2.33 bits per heavy atom. The molecule has 0 aromatic heterocycles. The monoisotopic (exact) mass is 378 g/mol. The smallest absolute Gasteiger partial charge is 0.237 e. The van der Waals surface area contributed by atoms with Crippen LogP contribution in [-0.4, -0.2) is 84.3 Å². The Hall–Kier alpha value is -1.63. The highest BCUT2D eigenvalue weighted by Crippen LogP contribution is 2.23. The summed E-state index contributed by atoms with van der Waals surface area (Å²) < 4.78 is 0. The normalized spacial score (nSPS) is 25.1. The molecule has 27 heavy (non-hydrogen) atoms. The number of nitrogens with one attached hydrogen (secondary N) is 1. The Labute approximate surface area is 162 Å². The van der Waals surface area contributed by atoms with Gasteiger partial charge in [0.05, 0.1) is 12.5 Å². The molecule has 7 nitrogen and oxygen atoms in total.